The highest BCUT2D eigenvalue weighted by Gasteiger charge is 2.33. The Morgan fingerprint density at radius 3 is 2.68 bits per heavy atom. The highest BCUT2D eigenvalue weighted by molar-refractivity contribution is 9.10. The first-order valence-electron chi connectivity index (χ1n) is 6.37. The summed E-state index contributed by atoms with van der Waals surface area (Å²) in [6.45, 7) is 3.37. The van der Waals surface area contributed by atoms with Gasteiger partial charge in [-0.1, -0.05) is 28.0 Å². The number of aromatic nitrogens is 1. The normalized spacial score (nSPS) is 11.5. The Morgan fingerprint density at radius 1 is 1.41 bits per heavy atom. The molecule has 0 fully saturated rings. The molecule has 1 amide bonds. The fourth-order valence-electron chi connectivity index (χ4n) is 1.96. The van der Waals surface area contributed by atoms with Gasteiger partial charge >= 0.3 is 6.18 Å². The molecular formula is C14H12BrF3N2O2. The van der Waals surface area contributed by atoms with Crippen LogP contribution in [0.15, 0.2) is 27.2 Å². The Bertz CT molecular complexity index is 711. The molecule has 2 aromatic rings. The highest BCUT2D eigenvalue weighted by atomic mass is 79.9. The van der Waals surface area contributed by atoms with Gasteiger partial charge in [0.15, 0.2) is 0 Å². The molecule has 0 unspecified atom stereocenters. The van der Waals surface area contributed by atoms with Crippen LogP contribution >= 0.6 is 15.9 Å². The molecule has 22 heavy (non-hydrogen) atoms. The van der Waals surface area contributed by atoms with E-state index < -0.39 is 17.6 Å². The second kappa shape index (κ2) is 6.12. The molecule has 0 aliphatic heterocycles. The molecule has 0 aliphatic carbocycles. The monoisotopic (exact) mass is 376 g/mol. The summed E-state index contributed by atoms with van der Waals surface area (Å²) in [4.78, 5) is 12.2. The molecule has 0 saturated heterocycles. The average Bonchev–Trinajstić information content (AvgIpc) is 2.80. The number of rotatable bonds is 3. The number of anilines is 1. The number of carbonyl (C=O) groups excluding carboxylic acids is 1. The van der Waals surface area contributed by atoms with Gasteiger partial charge in [-0.15, -0.1) is 0 Å². The number of amides is 1. The molecule has 0 bridgehead atoms. The summed E-state index contributed by atoms with van der Waals surface area (Å²) in [5, 5.41) is 6.18. The standard InChI is InChI=1S/C14H12BrF3N2O2/c1-3-11-12(7(2)22-20-11)13(21)19-8-4-5-10(15)9(6-8)14(16,17)18/h4-6H,3H2,1-2H3,(H,19,21). The van der Waals surface area contributed by atoms with Crippen LogP contribution in [0.5, 0.6) is 0 Å². The maximum Gasteiger partial charge on any atom is 0.417 e. The number of nitrogens with one attached hydrogen (secondary N) is 1. The van der Waals surface area contributed by atoms with E-state index in [2.05, 4.69) is 26.4 Å². The van der Waals surface area contributed by atoms with Gasteiger partial charge in [-0.05, 0) is 31.5 Å². The largest absolute Gasteiger partial charge is 0.417 e. The predicted octanol–water partition coefficient (Wildman–Crippen LogP) is 4.58. The molecule has 0 radical (unpaired) electrons. The molecule has 1 N–H and O–H groups in total. The summed E-state index contributed by atoms with van der Waals surface area (Å²) in [5.74, 6) is -0.228. The minimum Gasteiger partial charge on any atom is -0.361 e. The van der Waals surface area contributed by atoms with Crippen LogP contribution in [0.4, 0.5) is 18.9 Å². The van der Waals surface area contributed by atoms with Crippen molar-refractivity contribution in [2.75, 3.05) is 5.32 Å². The number of benzene rings is 1. The zero-order valence-corrected chi connectivity index (χ0v) is 13.3. The van der Waals surface area contributed by atoms with Crippen molar-refractivity contribution in [2.45, 2.75) is 26.4 Å². The van der Waals surface area contributed by atoms with E-state index in [0.717, 1.165) is 6.07 Å². The third kappa shape index (κ3) is 3.32. The van der Waals surface area contributed by atoms with Crippen LogP contribution in [0.1, 0.15) is 34.3 Å². The molecule has 1 aromatic carbocycles. The fourth-order valence-corrected chi connectivity index (χ4v) is 2.44. The van der Waals surface area contributed by atoms with Crippen LogP contribution in [0.2, 0.25) is 0 Å². The van der Waals surface area contributed by atoms with E-state index in [4.69, 9.17) is 4.52 Å². The molecule has 0 spiro atoms. The number of aryl methyl sites for hydroxylation is 2. The fraction of sp³-hybridized carbons (Fsp3) is 0.286. The van der Waals surface area contributed by atoms with Gasteiger partial charge in [0.25, 0.3) is 5.91 Å². The molecule has 0 saturated carbocycles. The van der Waals surface area contributed by atoms with E-state index in [-0.39, 0.29) is 15.7 Å². The van der Waals surface area contributed by atoms with E-state index in [1.54, 1.807) is 13.8 Å². The molecule has 118 valence electrons. The highest BCUT2D eigenvalue weighted by Crippen LogP contribution is 2.36. The van der Waals surface area contributed by atoms with Crippen LogP contribution < -0.4 is 5.32 Å². The molecule has 1 heterocycles. The Hall–Kier alpha value is -1.83. The van der Waals surface area contributed by atoms with Gasteiger partial charge < -0.3 is 9.84 Å². The van der Waals surface area contributed by atoms with Crippen molar-refractivity contribution in [3.63, 3.8) is 0 Å². The number of hydrogen-bond acceptors (Lipinski definition) is 3. The average molecular weight is 377 g/mol. The van der Waals surface area contributed by atoms with E-state index in [9.17, 15) is 18.0 Å². The lowest BCUT2D eigenvalue weighted by Crippen LogP contribution is -2.15. The van der Waals surface area contributed by atoms with Crippen molar-refractivity contribution in [3.8, 4) is 0 Å². The van der Waals surface area contributed by atoms with Crippen molar-refractivity contribution < 1.29 is 22.5 Å². The minimum absolute atomic E-state index is 0.0446. The van der Waals surface area contributed by atoms with Gasteiger partial charge in [-0.3, -0.25) is 4.79 Å². The topological polar surface area (TPSA) is 55.1 Å². The number of alkyl halides is 3. The molecule has 8 heteroatoms. The van der Waals surface area contributed by atoms with E-state index in [0.29, 0.717) is 17.9 Å². The molecular weight excluding hydrogens is 365 g/mol. The number of carbonyl (C=O) groups is 1. The lowest BCUT2D eigenvalue weighted by molar-refractivity contribution is -0.138. The third-order valence-corrected chi connectivity index (χ3v) is 3.72. The Morgan fingerprint density at radius 2 is 2.09 bits per heavy atom. The quantitative estimate of drug-likeness (QED) is 0.852. The summed E-state index contributed by atoms with van der Waals surface area (Å²) in [5.41, 5.74) is -0.103. The zero-order valence-electron chi connectivity index (χ0n) is 11.7. The third-order valence-electron chi connectivity index (χ3n) is 3.02. The van der Waals surface area contributed by atoms with Gasteiger partial charge in [0.05, 0.1) is 11.3 Å². The molecule has 1 aromatic heterocycles. The van der Waals surface area contributed by atoms with Crippen molar-refractivity contribution in [1.82, 2.24) is 5.16 Å². The Labute approximate surface area is 132 Å². The Balaban J connectivity index is 2.31. The van der Waals surface area contributed by atoms with Gasteiger partial charge in [0.2, 0.25) is 0 Å². The maximum atomic E-state index is 12.9. The molecule has 0 atom stereocenters. The van der Waals surface area contributed by atoms with Crippen molar-refractivity contribution in [3.05, 3.63) is 45.3 Å². The van der Waals surface area contributed by atoms with Crippen molar-refractivity contribution in [2.24, 2.45) is 0 Å². The summed E-state index contributed by atoms with van der Waals surface area (Å²) < 4.78 is 43.4. The summed E-state index contributed by atoms with van der Waals surface area (Å²) in [6, 6.07) is 3.49. The van der Waals surface area contributed by atoms with Crippen molar-refractivity contribution in [1.29, 1.82) is 0 Å². The van der Waals surface area contributed by atoms with Crippen molar-refractivity contribution >= 4 is 27.5 Å². The second-order valence-corrected chi connectivity index (χ2v) is 5.41. The maximum absolute atomic E-state index is 12.9. The second-order valence-electron chi connectivity index (χ2n) is 4.56. The predicted molar refractivity (Wildman–Crippen MR) is 77.7 cm³/mol. The number of halogens is 4. The number of nitrogens with zero attached hydrogens (tertiary/aromatic N) is 1. The van der Waals surface area contributed by atoms with Gasteiger partial charge in [-0.25, -0.2) is 0 Å². The summed E-state index contributed by atoms with van der Waals surface area (Å²) >= 11 is 2.85. The van der Waals surface area contributed by atoms with E-state index in [1.807, 2.05) is 0 Å². The molecule has 0 aliphatic rings. The molecule has 2 rings (SSSR count). The van der Waals surface area contributed by atoms with Crippen LogP contribution in [-0.4, -0.2) is 11.1 Å². The zero-order chi connectivity index (χ0) is 16.5. The summed E-state index contributed by atoms with van der Waals surface area (Å²) in [6.07, 6.45) is -4.03. The first-order valence-corrected chi connectivity index (χ1v) is 7.16. The lowest BCUT2D eigenvalue weighted by atomic mass is 10.1. The summed E-state index contributed by atoms with van der Waals surface area (Å²) in [7, 11) is 0. The van der Waals surface area contributed by atoms with Gasteiger partial charge in [-0.2, -0.15) is 13.2 Å². The smallest absolute Gasteiger partial charge is 0.361 e. The van der Waals surface area contributed by atoms with Crippen LogP contribution in [0, 0.1) is 6.92 Å². The number of hydrogen-bond donors (Lipinski definition) is 1. The van der Waals surface area contributed by atoms with Gasteiger partial charge in [0.1, 0.15) is 11.3 Å². The lowest BCUT2D eigenvalue weighted by Gasteiger charge is -2.12. The first kappa shape index (κ1) is 16.5. The van der Waals surface area contributed by atoms with Crippen LogP contribution in [-0.2, 0) is 12.6 Å². The van der Waals surface area contributed by atoms with Gasteiger partial charge in [0, 0.05) is 10.2 Å². The van der Waals surface area contributed by atoms with E-state index in [1.165, 1.54) is 12.1 Å². The first-order chi connectivity index (χ1) is 10.2. The Kier molecular flexibility index (Phi) is 4.60. The van der Waals surface area contributed by atoms with Crippen LogP contribution in [0.25, 0.3) is 0 Å². The van der Waals surface area contributed by atoms with E-state index >= 15 is 0 Å². The van der Waals surface area contributed by atoms with Crippen LogP contribution in [0.3, 0.4) is 0 Å². The molecule has 4 nitrogen and oxygen atoms in total. The SMILES string of the molecule is CCc1noc(C)c1C(=O)Nc1ccc(Br)c(C(F)(F)F)c1. The minimum atomic E-state index is -4.51.